The summed E-state index contributed by atoms with van der Waals surface area (Å²) in [6.07, 6.45) is 5.33. The van der Waals surface area contributed by atoms with Gasteiger partial charge in [0.05, 0.1) is 4.99 Å². The first-order chi connectivity index (χ1) is 9.00. The number of nitrogens with two attached hydrogens (primary N) is 1. The zero-order valence-corrected chi connectivity index (χ0v) is 13.0. The number of rotatable bonds is 5. The largest absolute Gasteiger partial charge is 0.393 e. The molecule has 0 saturated carbocycles. The third-order valence-electron chi connectivity index (χ3n) is 3.36. The quantitative estimate of drug-likeness (QED) is 0.790. The van der Waals surface area contributed by atoms with Gasteiger partial charge < -0.3 is 15.5 Å². The van der Waals surface area contributed by atoms with Crippen molar-refractivity contribution in [2.75, 3.05) is 26.2 Å². The van der Waals surface area contributed by atoms with E-state index in [4.69, 9.17) is 18.0 Å². The maximum atomic E-state index is 12.6. The average Bonchev–Trinajstić information content (AvgIpc) is 2.61. The molecule has 1 saturated heterocycles. The van der Waals surface area contributed by atoms with Gasteiger partial charge in [-0.05, 0) is 18.8 Å². The normalized spacial score (nSPS) is 16.3. The Kier molecular flexibility index (Phi) is 7.13. The molecular formula is C14H27N3OS. The fraction of sp³-hybridized carbons (Fsp3) is 0.857. The van der Waals surface area contributed by atoms with Crippen molar-refractivity contribution in [1.29, 1.82) is 0 Å². The molecule has 0 bridgehead atoms. The van der Waals surface area contributed by atoms with E-state index in [0.29, 0.717) is 23.9 Å². The van der Waals surface area contributed by atoms with E-state index in [2.05, 4.69) is 13.8 Å². The van der Waals surface area contributed by atoms with Gasteiger partial charge in [0, 0.05) is 32.6 Å². The SMILES string of the molecule is CC(C)CN(CCC(N)=S)C(=O)N1CCCCCC1. The Morgan fingerprint density at radius 2 is 1.84 bits per heavy atom. The van der Waals surface area contributed by atoms with E-state index in [9.17, 15) is 4.79 Å². The van der Waals surface area contributed by atoms with Gasteiger partial charge in [-0.15, -0.1) is 0 Å². The number of urea groups is 1. The van der Waals surface area contributed by atoms with E-state index in [1.165, 1.54) is 12.8 Å². The summed E-state index contributed by atoms with van der Waals surface area (Å²) in [4.78, 5) is 17.0. The number of carbonyl (C=O) groups is 1. The molecule has 0 atom stereocenters. The van der Waals surface area contributed by atoms with E-state index in [-0.39, 0.29) is 6.03 Å². The Balaban J connectivity index is 2.59. The second-order valence-electron chi connectivity index (χ2n) is 5.74. The smallest absolute Gasteiger partial charge is 0.320 e. The summed E-state index contributed by atoms with van der Waals surface area (Å²) in [7, 11) is 0. The maximum Gasteiger partial charge on any atom is 0.320 e. The lowest BCUT2D eigenvalue weighted by atomic mass is 10.2. The standard InChI is InChI=1S/C14H27N3OS/c1-12(2)11-17(10-7-13(15)19)14(18)16-8-5-3-4-6-9-16/h12H,3-11H2,1-2H3,(H2,15,19). The van der Waals surface area contributed by atoms with Crippen LogP contribution in [0, 0.1) is 5.92 Å². The first kappa shape index (κ1) is 16.2. The predicted octanol–water partition coefficient (Wildman–Crippen LogP) is 2.62. The van der Waals surface area contributed by atoms with E-state index < -0.39 is 0 Å². The van der Waals surface area contributed by atoms with Crippen LogP contribution in [0.1, 0.15) is 46.0 Å². The van der Waals surface area contributed by atoms with Crippen molar-refractivity contribution in [1.82, 2.24) is 9.80 Å². The molecule has 0 aliphatic carbocycles. The van der Waals surface area contributed by atoms with E-state index in [1.54, 1.807) is 0 Å². The highest BCUT2D eigenvalue weighted by Gasteiger charge is 2.22. The minimum Gasteiger partial charge on any atom is -0.393 e. The van der Waals surface area contributed by atoms with Crippen molar-refractivity contribution in [2.45, 2.75) is 46.0 Å². The third-order valence-corrected chi connectivity index (χ3v) is 3.56. The summed E-state index contributed by atoms with van der Waals surface area (Å²) in [5.74, 6) is 0.460. The number of hydrogen-bond acceptors (Lipinski definition) is 2. The second-order valence-corrected chi connectivity index (χ2v) is 6.26. The van der Waals surface area contributed by atoms with Crippen LogP contribution in [0.25, 0.3) is 0 Å². The van der Waals surface area contributed by atoms with Crippen LogP contribution < -0.4 is 5.73 Å². The molecular weight excluding hydrogens is 258 g/mol. The van der Waals surface area contributed by atoms with Gasteiger partial charge in [-0.25, -0.2) is 4.79 Å². The molecule has 19 heavy (non-hydrogen) atoms. The number of carbonyl (C=O) groups excluding carboxylic acids is 1. The van der Waals surface area contributed by atoms with Crippen LogP contribution >= 0.6 is 12.2 Å². The number of nitrogens with zero attached hydrogens (tertiary/aromatic N) is 2. The molecule has 0 aromatic rings. The third kappa shape index (κ3) is 6.23. The number of thiocarbonyl (C=S) groups is 1. The molecule has 1 heterocycles. The molecule has 110 valence electrons. The van der Waals surface area contributed by atoms with Crippen LogP contribution in [0.5, 0.6) is 0 Å². The Hall–Kier alpha value is -0.840. The first-order valence-corrected chi connectivity index (χ1v) is 7.73. The summed E-state index contributed by atoms with van der Waals surface area (Å²) in [6, 6.07) is 0.159. The van der Waals surface area contributed by atoms with Crippen molar-refractivity contribution >= 4 is 23.2 Å². The molecule has 2 N–H and O–H groups in total. The second kappa shape index (κ2) is 8.35. The van der Waals surface area contributed by atoms with Gasteiger partial charge in [0.25, 0.3) is 0 Å². The molecule has 0 radical (unpaired) electrons. The monoisotopic (exact) mass is 285 g/mol. The van der Waals surface area contributed by atoms with E-state index >= 15 is 0 Å². The van der Waals surface area contributed by atoms with Gasteiger partial charge in [-0.3, -0.25) is 0 Å². The van der Waals surface area contributed by atoms with Crippen LogP contribution in [0.4, 0.5) is 4.79 Å². The molecule has 0 aromatic heterocycles. The lowest BCUT2D eigenvalue weighted by molar-refractivity contribution is 0.150. The Morgan fingerprint density at radius 3 is 2.32 bits per heavy atom. The Morgan fingerprint density at radius 1 is 1.26 bits per heavy atom. The molecule has 1 fully saturated rings. The zero-order valence-electron chi connectivity index (χ0n) is 12.2. The molecule has 0 aromatic carbocycles. The van der Waals surface area contributed by atoms with Crippen LogP contribution in [-0.2, 0) is 0 Å². The minimum atomic E-state index is 0.159. The highest BCUT2D eigenvalue weighted by Crippen LogP contribution is 2.13. The van der Waals surface area contributed by atoms with Gasteiger partial charge >= 0.3 is 6.03 Å². The lowest BCUT2D eigenvalue weighted by Gasteiger charge is -2.31. The number of likely N-dealkylation sites (tertiary alicyclic amines) is 1. The maximum absolute atomic E-state index is 12.6. The molecule has 4 nitrogen and oxygen atoms in total. The first-order valence-electron chi connectivity index (χ1n) is 7.33. The topological polar surface area (TPSA) is 49.6 Å². The molecule has 5 heteroatoms. The minimum absolute atomic E-state index is 0.159. The fourth-order valence-electron chi connectivity index (χ4n) is 2.41. The van der Waals surface area contributed by atoms with Gasteiger partial charge in [-0.2, -0.15) is 0 Å². The van der Waals surface area contributed by atoms with Gasteiger partial charge in [0.1, 0.15) is 0 Å². The van der Waals surface area contributed by atoms with Crippen molar-refractivity contribution in [3.63, 3.8) is 0 Å². The highest BCUT2D eigenvalue weighted by molar-refractivity contribution is 7.80. The Bertz CT molecular complexity index is 299. The molecule has 0 spiro atoms. The summed E-state index contributed by atoms with van der Waals surface area (Å²) in [5.41, 5.74) is 5.56. The van der Waals surface area contributed by atoms with Crippen LogP contribution in [0.2, 0.25) is 0 Å². The van der Waals surface area contributed by atoms with Crippen molar-refractivity contribution in [3.05, 3.63) is 0 Å². The van der Waals surface area contributed by atoms with Crippen LogP contribution in [0.15, 0.2) is 0 Å². The molecule has 1 aliphatic heterocycles. The average molecular weight is 285 g/mol. The van der Waals surface area contributed by atoms with Crippen LogP contribution in [0.3, 0.4) is 0 Å². The van der Waals surface area contributed by atoms with E-state index in [0.717, 1.165) is 32.5 Å². The molecule has 1 aliphatic rings. The van der Waals surface area contributed by atoms with Crippen molar-refractivity contribution in [3.8, 4) is 0 Å². The summed E-state index contributed by atoms with van der Waals surface area (Å²) in [6.45, 7) is 7.45. The van der Waals surface area contributed by atoms with Gasteiger partial charge in [0.15, 0.2) is 0 Å². The Labute approximate surface area is 122 Å². The molecule has 0 unspecified atom stereocenters. The van der Waals surface area contributed by atoms with Crippen molar-refractivity contribution < 1.29 is 4.79 Å². The van der Waals surface area contributed by atoms with Gasteiger partial charge in [0.2, 0.25) is 0 Å². The lowest BCUT2D eigenvalue weighted by Crippen LogP contribution is -2.46. The van der Waals surface area contributed by atoms with Gasteiger partial charge in [-0.1, -0.05) is 38.9 Å². The molecule has 1 rings (SSSR count). The number of amides is 2. The summed E-state index contributed by atoms with van der Waals surface area (Å²) < 4.78 is 0. The van der Waals surface area contributed by atoms with Crippen LogP contribution in [-0.4, -0.2) is 47.0 Å². The number of hydrogen-bond donors (Lipinski definition) is 1. The van der Waals surface area contributed by atoms with Crippen molar-refractivity contribution in [2.24, 2.45) is 11.7 Å². The zero-order chi connectivity index (χ0) is 14.3. The fourth-order valence-corrected chi connectivity index (χ4v) is 2.50. The van der Waals surface area contributed by atoms with E-state index in [1.807, 2.05) is 9.80 Å². The predicted molar refractivity (Wildman–Crippen MR) is 83.3 cm³/mol. The highest BCUT2D eigenvalue weighted by atomic mass is 32.1. The molecule has 2 amide bonds. The summed E-state index contributed by atoms with van der Waals surface area (Å²) in [5, 5.41) is 0. The summed E-state index contributed by atoms with van der Waals surface area (Å²) >= 11 is 4.92.